The number of hydrogen-bond donors (Lipinski definition) is 2. The molecule has 2 unspecified atom stereocenters. The Morgan fingerprint density at radius 1 is 1.24 bits per heavy atom. The van der Waals surface area contributed by atoms with Crippen molar-refractivity contribution in [2.24, 2.45) is 7.05 Å². The number of imidazole rings is 1. The maximum absolute atomic E-state index is 12.5. The van der Waals surface area contributed by atoms with Crippen LogP contribution in [0.1, 0.15) is 15.9 Å². The molecule has 8 heteroatoms. The van der Waals surface area contributed by atoms with Crippen LogP contribution in [0.3, 0.4) is 0 Å². The molecule has 4 rings (SSSR count). The molecule has 2 aromatic heterocycles. The number of hydrogen-bond acceptors (Lipinski definition) is 4. The molecule has 6 nitrogen and oxygen atoms in total. The SMILES string of the molecule is Cn1c(NC2C(Cl)=CC=CC2Cl)nc2cc(C(=O)NCc3ccncc3)ccc21. The van der Waals surface area contributed by atoms with Gasteiger partial charge in [0.1, 0.15) is 0 Å². The van der Waals surface area contributed by atoms with Gasteiger partial charge < -0.3 is 15.2 Å². The van der Waals surface area contributed by atoms with Gasteiger partial charge in [0.05, 0.1) is 22.5 Å². The maximum Gasteiger partial charge on any atom is 0.251 e. The van der Waals surface area contributed by atoms with E-state index in [9.17, 15) is 4.79 Å². The van der Waals surface area contributed by atoms with Crippen molar-refractivity contribution in [3.63, 3.8) is 0 Å². The van der Waals surface area contributed by atoms with Crippen LogP contribution in [0.4, 0.5) is 5.95 Å². The van der Waals surface area contributed by atoms with Crippen LogP contribution in [-0.2, 0) is 13.6 Å². The van der Waals surface area contributed by atoms with Gasteiger partial charge in [0.15, 0.2) is 0 Å². The number of aryl methyl sites for hydroxylation is 1. The third-order valence-corrected chi connectivity index (χ3v) is 5.55. The zero-order valence-corrected chi connectivity index (χ0v) is 17.2. The van der Waals surface area contributed by atoms with Gasteiger partial charge in [-0.05, 0) is 42.0 Å². The van der Waals surface area contributed by atoms with E-state index in [1.807, 2.05) is 48.0 Å². The highest BCUT2D eigenvalue weighted by Crippen LogP contribution is 2.27. The summed E-state index contributed by atoms with van der Waals surface area (Å²) >= 11 is 12.7. The Labute approximate surface area is 178 Å². The third-order valence-electron chi connectivity index (χ3n) is 4.80. The van der Waals surface area contributed by atoms with Crippen molar-refractivity contribution in [3.05, 3.63) is 77.1 Å². The first-order valence-corrected chi connectivity index (χ1v) is 9.92. The molecule has 0 fully saturated rings. The molecule has 0 bridgehead atoms. The van der Waals surface area contributed by atoms with Crippen LogP contribution in [0.15, 0.2) is 66.0 Å². The highest BCUT2D eigenvalue weighted by atomic mass is 35.5. The van der Waals surface area contributed by atoms with E-state index in [4.69, 9.17) is 23.2 Å². The molecule has 1 aromatic carbocycles. The van der Waals surface area contributed by atoms with Gasteiger partial charge in [-0.25, -0.2) is 4.98 Å². The van der Waals surface area contributed by atoms with Gasteiger partial charge in [-0.1, -0.05) is 23.8 Å². The molecule has 0 radical (unpaired) electrons. The van der Waals surface area contributed by atoms with Crippen molar-refractivity contribution in [2.45, 2.75) is 18.0 Å². The molecule has 0 aliphatic heterocycles. The number of rotatable bonds is 5. The Kier molecular flexibility index (Phi) is 5.56. The Morgan fingerprint density at radius 2 is 2.03 bits per heavy atom. The van der Waals surface area contributed by atoms with E-state index in [1.165, 1.54) is 0 Å². The standard InChI is InChI=1S/C21H19Cl2N5O/c1-28-18-6-5-14(20(29)25-12-13-7-9-24-10-8-13)11-17(18)26-21(28)27-19-15(22)3-2-4-16(19)23/h2-11,15,19H,12H2,1H3,(H,25,29)(H,26,27). The average molecular weight is 428 g/mol. The lowest BCUT2D eigenvalue weighted by Gasteiger charge is -2.23. The number of halogens is 2. The monoisotopic (exact) mass is 427 g/mol. The molecule has 1 aliphatic carbocycles. The first kappa shape index (κ1) is 19.5. The van der Waals surface area contributed by atoms with E-state index >= 15 is 0 Å². The van der Waals surface area contributed by atoms with E-state index in [0.717, 1.165) is 11.1 Å². The van der Waals surface area contributed by atoms with Gasteiger partial charge in [-0.2, -0.15) is 0 Å². The number of pyridine rings is 1. The van der Waals surface area contributed by atoms with Gasteiger partial charge >= 0.3 is 0 Å². The van der Waals surface area contributed by atoms with Crippen LogP contribution < -0.4 is 10.6 Å². The van der Waals surface area contributed by atoms with E-state index in [0.29, 0.717) is 28.6 Å². The molecule has 1 aliphatic rings. The summed E-state index contributed by atoms with van der Waals surface area (Å²) in [7, 11) is 1.90. The summed E-state index contributed by atoms with van der Waals surface area (Å²) in [5.41, 5.74) is 3.14. The highest BCUT2D eigenvalue weighted by molar-refractivity contribution is 6.32. The summed E-state index contributed by atoms with van der Waals surface area (Å²) in [6.45, 7) is 0.436. The number of anilines is 1. The van der Waals surface area contributed by atoms with Crippen LogP contribution in [0.5, 0.6) is 0 Å². The summed E-state index contributed by atoms with van der Waals surface area (Å²) in [5, 5.41) is 6.55. The molecule has 29 heavy (non-hydrogen) atoms. The molecule has 3 aromatic rings. The van der Waals surface area contributed by atoms with Crippen LogP contribution in [-0.4, -0.2) is 31.9 Å². The zero-order valence-electron chi connectivity index (χ0n) is 15.6. The summed E-state index contributed by atoms with van der Waals surface area (Å²) in [6, 6.07) is 8.91. The predicted octanol–water partition coefficient (Wildman–Crippen LogP) is 3.98. The second-order valence-corrected chi connectivity index (χ2v) is 7.68. The van der Waals surface area contributed by atoms with Crippen LogP contribution >= 0.6 is 23.2 Å². The Balaban J connectivity index is 1.53. The Hall–Kier alpha value is -2.83. The largest absolute Gasteiger partial charge is 0.348 e. The van der Waals surface area contributed by atoms with E-state index < -0.39 is 0 Å². The number of amides is 1. The van der Waals surface area contributed by atoms with Crippen LogP contribution in [0.25, 0.3) is 11.0 Å². The average Bonchev–Trinajstić information content (AvgIpc) is 3.04. The molecule has 2 heterocycles. The van der Waals surface area contributed by atoms with Gasteiger partial charge in [0.25, 0.3) is 5.91 Å². The fraction of sp³-hybridized carbons (Fsp3) is 0.190. The maximum atomic E-state index is 12.5. The number of carbonyl (C=O) groups is 1. The third kappa shape index (κ3) is 4.13. The fourth-order valence-corrected chi connectivity index (χ4v) is 3.77. The lowest BCUT2D eigenvalue weighted by atomic mass is 10.1. The lowest BCUT2D eigenvalue weighted by Crippen LogP contribution is -2.31. The van der Waals surface area contributed by atoms with Gasteiger partial charge in [0.2, 0.25) is 5.95 Å². The highest BCUT2D eigenvalue weighted by Gasteiger charge is 2.24. The zero-order chi connectivity index (χ0) is 20.4. The molecule has 0 saturated carbocycles. The topological polar surface area (TPSA) is 71.8 Å². The number of nitrogens with one attached hydrogen (secondary N) is 2. The quantitative estimate of drug-likeness (QED) is 0.604. The molecule has 2 N–H and O–H groups in total. The Bertz CT molecular complexity index is 1110. The van der Waals surface area contributed by atoms with Crippen molar-refractivity contribution in [3.8, 4) is 0 Å². The Morgan fingerprint density at radius 3 is 2.79 bits per heavy atom. The fourth-order valence-electron chi connectivity index (χ4n) is 3.16. The second-order valence-electron chi connectivity index (χ2n) is 6.74. The minimum Gasteiger partial charge on any atom is -0.348 e. The minimum absolute atomic E-state index is 0.159. The van der Waals surface area contributed by atoms with Crippen molar-refractivity contribution < 1.29 is 4.79 Å². The number of carbonyl (C=O) groups excluding carboxylic acids is 1. The van der Waals surface area contributed by atoms with E-state index in [-0.39, 0.29) is 17.3 Å². The van der Waals surface area contributed by atoms with Crippen molar-refractivity contribution in [1.82, 2.24) is 19.9 Å². The predicted molar refractivity (Wildman–Crippen MR) is 116 cm³/mol. The molecule has 0 saturated heterocycles. The van der Waals surface area contributed by atoms with Crippen molar-refractivity contribution in [1.29, 1.82) is 0 Å². The van der Waals surface area contributed by atoms with Gasteiger partial charge in [-0.3, -0.25) is 9.78 Å². The second kappa shape index (κ2) is 8.27. The van der Waals surface area contributed by atoms with Gasteiger partial charge in [0, 0.05) is 36.6 Å². The molecule has 1 amide bonds. The lowest BCUT2D eigenvalue weighted by molar-refractivity contribution is 0.0951. The summed E-state index contributed by atoms with van der Waals surface area (Å²) in [6.07, 6.45) is 8.92. The van der Waals surface area contributed by atoms with E-state index in [1.54, 1.807) is 24.5 Å². The molecule has 2 atom stereocenters. The number of fused-ring (bicyclic) bond motifs is 1. The summed E-state index contributed by atoms with van der Waals surface area (Å²) in [4.78, 5) is 21.1. The smallest absolute Gasteiger partial charge is 0.251 e. The number of benzene rings is 1. The van der Waals surface area contributed by atoms with Crippen molar-refractivity contribution >= 4 is 46.1 Å². The first-order chi connectivity index (χ1) is 14.0. The normalized spacial score (nSPS) is 18.5. The molecule has 0 spiro atoms. The number of alkyl halides is 1. The number of aromatic nitrogens is 3. The minimum atomic E-state index is -0.276. The molecular formula is C21H19Cl2N5O. The van der Waals surface area contributed by atoms with Crippen LogP contribution in [0.2, 0.25) is 0 Å². The summed E-state index contributed by atoms with van der Waals surface area (Å²) in [5.74, 6) is 0.472. The van der Waals surface area contributed by atoms with E-state index in [2.05, 4.69) is 20.6 Å². The van der Waals surface area contributed by atoms with Crippen molar-refractivity contribution in [2.75, 3.05) is 5.32 Å². The molecular weight excluding hydrogens is 409 g/mol. The first-order valence-electron chi connectivity index (χ1n) is 9.11. The number of allylic oxidation sites excluding steroid dienone is 2. The number of nitrogens with zero attached hydrogens (tertiary/aromatic N) is 3. The molecule has 148 valence electrons. The summed E-state index contributed by atoms with van der Waals surface area (Å²) < 4.78 is 1.92. The van der Waals surface area contributed by atoms with Gasteiger partial charge in [-0.15, -0.1) is 11.6 Å². The van der Waals surface area contributed by atoms with Crippen LogP contribution in [0, 0.1) is 0 Å².